The summed E-state index contributed by atoms with van der Waals surface area (Å²) in [5.74, 6) is 0.853. The number of aromatic nitrogens is 5. The number of nitrogens with one attached hydrogen (secondary N) is 2. The molecule has 0 radical (unpaired) electrons. The van der Waals surface area contributed by atoms with Gasteiger partial charge in [-0.25, -0.2) is 4.98 Å². The Labute approximate surface area is 133 Å². The number of nitrogens with zero attached hydrogens (tertiary/aromatic N) is 4. The standard InChI is InChI=1S/C16H16N6O/c1-9-8-10(2)18-13(9)15(23)22-16-20-11(3)19-14(21-16)12-6-4-5-7-17-12/h4-8,18H,1-3H3,(H,19,20,21,22,23). The lowest BCUT2D eigenvalue weighted by Crippen LogP contribution is -2.17. The number of aromatic amines is 1. The summed E-state index contributed by atoms with van der Waals surface area (Å²) < 4.78 is 0. The molecule has 3 aromatic rings. The van der Waals surface area contributed by atoms with E-state index < -0.39 is 0 Å². The zero-order valence-corrected chi connectivity index (χ0v) is 13.1. The average Bonchev–Trinajstić information content (AvgIpc) is 2.86. The lowest BCUT2D eigenvalue weighted by molar-refractivity contribution is 0.102. The van der Waals surface area contributed by atoms with Crippen molar-refractivity contribution in [2.45, 2.75) is 20.8 Å². The minimum Gasteiger partial charge on any atom is -0.354 e. The molecule has 0 spiro atoms. The molecule has 0 aliphatic rings. The van der Waals surface area contributed by atoms with Gasteiger partial charge in [-0.15, -0.1) is 0 Å². The van der Waals surface area contributed by atoms with Crippen LogP contribution in [0.4, 0.5) is 5.95 Å². The summed E-state index contributed by atoms with van der Waals surface area (Å²) in [5.41, 5.74) is 2.92. The summed E-state index contributed by atoms with van der Waals surface area (Å²) in [4.78, 5) is 32.3. The number of hydrogen-bond donors (Lipinski definition) is 2. The summed E-state index contributed by atoms with van der Waals surface area (Å²) in [6, 6.07) is 7.38. The summed E-state index contributed by atoms with van der Waals surface area (Å²) in [6.45, 7) is 5.51. The first-order valence-electron chi connectivity index (χ1n) is 7.14. The molecule has 2 N–H and O–H groups in total. The lowest BCUT2D eigenvalue weighted by atomic mass is 10.2. The van der Waals surface area contributed by atoms with Gasteiger partial charge in [0.15, 0.2) is 5.82 Å². The lowest BCUT2D eigenvalue weighted by Gasteiger charge is -2.06. The average molecular weight is 308 g/mol. The van der Waals surface area contributed by atoms with Gasteiger partial charge in [0.1, 0.15) is 17.2 Å². The Morgan fingerprint density at radius 2 is 1.96 bits per heavy atom. The monoisotopic (exact) mass is 308 g/mol. The second-order valence-corrected chi connectivity index (χ2v) is 5.21. The van der Waals surface area contributed by atoms with Crippen LogP contribution in [-0.4, -0.2) is 30.8 Å². The maximum absolute atomic E-state index is 12.3. The Morgan fingerprint density at radius 1 is 1.13 bits per heavy atom. The molecule has 0 saturated heterocycles. The van der Waals surface area contributed by atoms with Crippen LogP contribution in [0.5, 0.6) is 0 Å². The van der Waals surface area contributed by atoms with Gasteiger partial charge in [0.25, 0.3) is 5.91 Å². The zero-order chi connectivity index (χ0) is 16.4. The first kappa shape index (κ1) is 14.8. The molecule has 7 nitrogen and oxygen atoms in total. The predicted molar refractivity (Wildman–Crippen MR) is 86.0 cm³/mol. The minimum atomic E-state index is -0.284. The van der Waals surface area contributed by atoms with E-state index in [1.54, 1.807) is 19.2 Å². The van der Waals surface area contributed by atoms with E-state index in [0.717, 1.165) is 11.3 Å². The van der Waals surface area contributed by atoms with Crippen LogP contribution < -0.4 is 5.32 Å². The van der Waals surface area contributed by atoms with Crippen LogP contribution in [0, 0.1) is 20.8 Å². The first-order chi connectivity index (χ1) is 11.0. The highest BCUT2D eigenvalue weighted by molar-refractivity contribution is 6.03. The third-order valence-electron chi connectivity index (χ3n) is 3.24. The Balaban J connectivity index is 1.90. The largest absolute Gasteiger partial charge is 0.354 e. The molecule has 23 heavy (non-hydrogen) atoms. The van der Waals surface area contributed by atoms with E-state index >= 15 is 0 Å². The fraction of sp³-hybridized carbons (Fsp3) is 0.188. The number of carbonyl (C=O) groups is 1. The van der Waals surface area contributed by atoms with Gasteiger partial charge >= 0.3 is 0 Å². The van der Waals surface area contributed by atoms with Crippen molar-refractivity contribution in [2.24, 2.45) is 0 Å². The third-order valence-corrected chi connectivity index (χ3v) is 3.24. The molecule has 0 fully saturated rings. The molecular formula is C16H16N6O. The number of hydrogen-bond acceptors (Lipinski definition) is 5. The number of rotatable bonds is 3. The highest BCUT2D eigenvalue weighted by Crippen LogP contribution is 2.14. The third kappa shape index (κ3) is 3.23. The highest BCUT2D eigenvalue weighted by Gasteiger charge is 2.14. The van der Waals surface area contributed by atoms with Gasteiger partial charge in [0.2, 0.25) is 5.95 Å². The van der Waals surface area contributed by atoms with Gasteiger partial charge in [0.05, 0.1) is 0 Å². The summed E-state index contributed by atoms with van der Waals surface area (Å²) in [5, 5.41) is 2.70. The summed E-state index contributed by atoms with van der Waals surface area (Å²) >= 11 is 0. The van der Waals surface area contributed by atoms with Gasteiger partial charge in [-0.2, -0.15) is 9.97 Å². The van der Waals surface area contributed by atoms with Crippen LogP contribution in [0.1, 0.15) is 27.6 Å². The Morgan fingerprint density at radius 3 is 2.61 bits per heavy atom. The molecule has 0 atom stereocenters. The van der Waals surface area contributed by atoms with E-state index in [4.69, 9.17) is 0 Å². The van der Waals surface area contributed by atoms with E-state index in [9.17, 15) is 4.79 Å². The molecule has 0 bridgehead atoms. The van der Waals surface area contributed by atoms with Crippen molar-refractivity contribution in [1.82, 2.24) is 24.9 Å². The molecule has 0 aliphatic heterocycles. The normalized spacial score (nSPS) is 10.6. The van der Waals surface area contributed by atoms with E-state index in [1.807, 2.05) is 32.0 Å². The molecule has 3 aromatic heterocycles. The number of H-pyrrole nitrogens is 1. The van der Waals surface area contributed by atoms with Gasteiger partial charge < -0.3 is 4.98 Å². The van der Waals surface area contributed by atoms with Crippen LogP contribution in [0.3, 0.4) is 0 Å². The van der Waals surface area contributed by atoms with Gasteiger partial charge in [0, 0.05) is 11.9 Å². The summed E-state index contributed by atoms with van der Waals surface area (Å²) in [6.07, 6.45) is 1.66. The smallest absolute Gasteiger partial charge is 0.274 e. The van der Waals surface area contributed by atoms with Crippen molar-refractivity contribution >= 4 is 11.9 Å². The van der Waals surface area contributed by atoms with Gasteiger partial charge in [-0.3, -0.25) is 15.1 Å². The molecule has 0 aliphatic carbocycles. The molecule has 7 heteroatoms. The number of anilines is 1. The van der Waals surface area contributed by atoms with Crippen LogP contribution >= 0.6 is 0 Å². The van der Waals surface area contributed by atoms with Crippen molar-refractivity contribution in [3.8, 4) is 11.5 Å². The fourth-order valence-electron chi connectivity index (χ4n) is 2.28. The second kappa shape index (κ2) is 5.96. The van der Waals surface area contributed by atoms with Crippen molar-refractivity contribution in [2.75, 3.05) is 5.32 Å². The minimum absolute atomic E-state index is 0.204. The molecule has 0 saturated carbocycles. The van der Waals surface area contributed by atoms with E-state index in [2.05, 4.69) is 30.2 Å². The number of amides is 1. The van der Waals surface area contributed by atoms with Crippen molar-refractivity contribution in [3.05, 3.63) is 53.2 Å². The first-order valence-corrected chi connectivity index (χ1v) is 7.14. The second-order valence-electron chi connectivity index (χ2n) is 5.21. The predicted octanol–water partition coefficient (Wildman–Crippen LogP) is 2.44. The van der Waals surface area contributed by atoms with Crippen molar-refractivity contribution < 1.29 is 4.79 Å². The summed E-state index contributed by atoms with van der Waals surface area (Å²) in [7, 11) is 0. The molecule has 0 aromatic carbocycles. The van der Waals surface area contributed by atoms with E-state index in [0.29, 0.717) is 23.0 Å². The van der Waals surface area contributed by atoms with Gasteiger partial charge in [-0.05, 0) is 44.5 Å². The molecule has 3 rings (SSSR count). The highest BCUT2D eigenvalue weighted by atomic mass is 16.2. The fourth-order valence-corrected chi connectivity index (χ4v) is 2.28. The molecule has 116 valence electrons. The molecular weight excluding hydrogens is 292 g/mol. The van der Waals surface area contributed by atoms with Crippen molar-refractivity contribution in [1.29, 1.82) is 0 Å². The maximum Gasteiger partial charge on any atom is 0.274 e. The Hall–Kier alpha value is -3.09. The number of carbonyl (C=O) groups excluding carboxylic acids is 1. The Bertz CT molecular complexity index is 856. The molecule has 1 amide bonds. The van der Waals surface area contributed by atoms with Crippen LogP contribution in [0.15, 0.2) is 30.5 Å². The quantitative estimate of drug-likeness (QED) is 0.774. The van der Waals surface area contributed by atoms with Crippen LogP contribution in [0.25, 0.3) is 11.5 Å². The topological polar surface area (TPSA) is 96.5 Å². The van der Waals surface area contributed by atoms with Crippen molar-refractivity contribution in [3.63, 3.8) is 0 Å². The number of pyridine rings is 1. The Kier molecular flexibility index (Phi) is 3.84. The zero-order valence-electron chi connectivity index (χ0n) is 13.1. The molecule has 0 unspecified atom stereocenters. The molecule has 3 heterocycles. The van der Waals surface area contributed by atoms with Gasteiger partial charge in [-0.1, -0.05) is 6.07 Å². The van der Waals surface area contributed by atoms with E-state index in [1.165, 1.54) is 0 Å². The maximum atomic E-state index is 12.3. The SMILES string of the molecule is Cc1nc(NC(=O)c2[nH]c(C)cc2C)nc(-c2ccccn2)n1. The van der Waals surface area contributed by atoms with Crippen LogP contribution in [-0.2, 0) is 0 Å². The van der Waals surface area contributed by atoms with E-state index in [-0.39, 0.29) is 11.9 Å². The van der Waals surface area contributed by atoms with Crippen LogP contribution in [0.2, 0.25) is 0 Å². The number of aryl methyl sites for hydroxylation is 3.